The second-order valence-corrected chi connectivity index (χ2v) is 5.05. The Kier molecular flexibility index (Phi) is 2.09. The van der Waals surface area contributed by atoms with E-state index in [0.29, 0.717) is 5.41 Å². The van der Waals surface area contributed by atoms with Crippen LogP contribution in [0.25, 0.3) is 0 Å². The zero-order chi connectivity index (χ0) is 12.0. The van der Waals surface area contributed by atoms with E-state index >= 15 is 0 Å². The number of nitrogens with zero attached hydrogens (tertiary/aromatic N) is 3. The first-order valence-corrected chi connectivity index (χ1v) is 5.61. The van der Waals surface area contributed by atoms with Crippen LogP contribution < -0.4 is 4.90 Å². The first-order valence-electron chi connectivity index (χ1n) is 5.61. The van der Waals surface area contributed by atoms with Gasteiger partial charge in [-0.2, -0.15) is 0 Å². The molecule has 1 saturated heterocycles. The molecule has 3 rings (SSSR count). The Morgan fingerprint density at radius 2 is 2.18 bits per heavy atom. The van der Waals surface area contributed by atoms with E-state index in [0.717, 1.165) is 31.6 Å². The average Bonchev–Trinajstić information content (AvgIpc) is 2.21. The van der Waals surface area contributed by atoms with Gasteiger partial charge in [-0.3, -0.25) is 0 Å². The Bertz CT molecular complexity index is 446. The van der Waals surface area contributed by atoms with Crippen molar-refractivity contribution in [3.8, 4) is 0 Å². The summed E-state index contributed by atoms with van der Waals surface area (Å²) >= 11 is 0. The fourth-order valence-corrected chi connectivity index (χ4v) is 2.82. The van der Waals surface area contributed by atoms with E-state index in [1.165, 1.54) is 6.07 Å². The van der Waals surface area contributed by atoms with E-state index in [2.05, 4.69) is 9.88 Å². The lowest BCUT2D eigenvalue weighted by Crippen LogP contribution is -2.63. The van der Waals surface area contributed by atoms with Crippen molar-refractivity contribution in [2.75, 3.05) is 18.0 Å². The van der Waals surface area contributed by atoms with Crippen molar-refractivity contribution in [3.63, 3.8) is 0 Å². The number of anilines is 1. The van der Waals surface area contributed by atoms with Gasteiger partial charge in [-0.25, -0.2) is 0 Å². The van der Waals surface area contributed by atoms with Crippen LogP contribution >= 0.6 is 0 Å². The average molecular weight is 235 g/mol. The third kappa shape index (κ3) is 1.64. The summed E-state index contributed by atoms with van der Waals surface area (Å²) in [5.74, 6) is -0.122. The summed E-state index contributed by atoms with van der Waals surface area (Å²) in [4.78, 5) is 15.9. The Balaban J connectivity index is 1.65. The predicted octanol–water partition coefficient (Wildman–Crippen LogP) is 0.951. The van der Waals surface area contributed by atoms with Crippen LogP contribution in [-0.4, -0.2) is 34.2 Å². The van der Waals surface area contributed by atoms with Gasteiger partial charge in [0.25, 0.3) is 0 Å². The van der Waals surface area contributed by atoms with Crippen LogP contribution in [0.5, 0.6) is 0 Å². The van der Waals surface area contributed by atoms with Gasteiger partial charge in [0.1, 0.15) is 0 Å². The molecule has 0 radical (unpaired) electrons. The molecule has 0 amide bonds. The minimum atomic E-state index is -0.496. The molecule has 0 aromatic carbocycles. The second kappa shape index (κ2) is 3.40. The van der Waals surface area contributed by atoms with Crippen molar-refractivity contribution in [2.45, 2.75) is 18.9 Å². The van der Waals surface area contributed by atoms with Gasteiger partial charge in [0.2, 0.25) is 0 Å². The molecule has 1 aliphatic heterocycles. The van der Waals surface area contributed by atoms with E-state index in [4.69, 9.17) is 0 Å². The van der Waals surface area contributed by atoms with Crippen molar-refractivity contribution in [2.24, 2.45) is 5.41 Å². The molecule has 1 aliphatic carbocycles. The lowest BCUT2D eigenvalue weighted by Gasteiger charge is -2.58. The molecule has 1 spiro atoms. The molecule has 0 bridgehead atoms. The number of hydrogen-bond acceptors (Lipinski definition) is 5. The molecule has 0 atom stereocenters. The molecule has 2 aliphatic rings. The Morgan fingerprint density at radius 3 is 2.65 bits per heavy atom. The van der Waals surface area contributed by atoms with Gasteiger partial charge < -0.3 is 20.1 Å². The minimum Gasteiger partial charge on any atom is -0.393 e. The fraction of sp³-hybridized carbons (Fsp3) is 0.545. The summed E-state index contributed by atoms with van der Waals surface area (Å²) in [7, 11) is 0. The monoisotopic (exact) mass is 235 g/mol. The number of pyridine rings is 1. The van der Waals surface area contributed by atoms with Gasteiger partial charge in [-0.15, -0.1) is 0 Å². The second-order valence-electron chi connectivity index (χ2n) is 5.05. The van der Waals surface area contributed by atoms with Crippen LogP contribution in [0.3, 0.4) is 0 Å². The number of aliphatic hydroxyl groups is 1. The maximum atomic E-state index is 10.5. The summed E-state index contributed by atoms with van der Waals surface area (Å²) in [5, 5.41) is 19.8. The quantitative estimate of drug-likeness (QED) is 0.609. The highest BCUT2D eigenvalue weighted by atomic mass is 16.6. The van der Waals surface area contributed by atoms with Gasteiger partial charge >= 0.3 is 5.82 Å². The van der Waals surface area contributed by atoms with E-state index in [-0.39, 0.29) is 11.9 Å². The van der Waals surface area contributed by atoms with Crippen LogP contribution in [0.4, 0.5) is 11.5 Å². The van der Waals surface area contributed by atoms with E-state index in [9.17, 15) is 15.2 Å². The van der Waals surface area contributed by atoms with Gasteiger partial charge in [0, 0.05) is 24.6 Å². The third-order valence-corrected chi connectivity index (χ3v) is 3.67. The van der Waals surface area contributed by atoms with E-state index in [1.807, 2.05) is 0 Å². The minimum absolute atomic E-state index is 0.122. The maximum absolute atomic E-state index is 10.5. The van der Waals surface area contributed by atoms with Crippen LogP contribution in [0, 0.1) is 15.5 Å². The molecule has 2 fully saturated rings. The maximum Gasteiger partial charge on any atom is 0.363 e. The number of aliphatic hydroxyl groups excluding tert-OH is 1. The highest BCUT2D eigenvalue weighted by Gasteiger charge is 2.52. The molecule has 6 heteroatoms. The van der Waals surface area contributed by atoms with Gasteiger partial charge in [-0.05, 0) is 28.8 Å². The van der Waals surface area contributed by atoms with Crippen molar-refractivity contribution in [1.29, 1.82) is 0 Å². The molecule has 1 aromatic heterocycles. The van der Waals surface area contributed by atoms with Crippen LogP contribution in [0.2, 0.25) is 0 Å². The lowest BCUT2D eigenvalue weighted by molar-refractivity contribution is -0.389. The Labute approximate surface area is 98.0 Å². The number of nitro groups is 1. The van der Waals surface area contributed by atoms with E-state index < -0.39 is 4.92 Å². The van der Waals surface area contributed by atoms with Gasteiger partial charge in [0.05, 0.1) is 11.8 Å². The first-order chi connectivity index (χ1) is 8.08. The molecule has 6 nitrogen and oxygen atoms in total. The first kappa shape index (κ1) is 10.5. The van der Waals surface area contributed by atoms with Crippen molar-refractivity contribution in [1.82, 2.24) is 4.98 Å². The molecule has 90 valence electrons. The van der Waals surface area contributed by atoms with Crippen molar-refractivity contribution in [3.05, 3.63) is 28.4 Å². The van der Waals surface area contributed by atoms with Crippen LogP contribution in [0.1, 0.15) is 12.8 Å². The summed E-state index contributed by atoms with van der Waals surface area (Å²) in [5.41, 5.74) is 1.21. The number of rotatable bonds is 2. The summed E-state index contributed by atoms with van der Waals surface area (Å²) in [6, 6.07) is 3.16. The fourth-order valence-electron chi connectivity index (χ4n) is 2.82. The summed E-state index contributed by atoms with van der Waals surface area (Å²) in [6.07, 6.45) is 3.17. The summed E-state index contributed by atoms with van der Waals surface area (Å²) < 4.78 is 0. The molecular formula is C11H13N3O3. The van der Waals surface area contributed by atoms with Crippen molar-refractivity contribution < 1.29 is 10.0 Å². The zero-order valence-corrected chi connectivity index (χ0v) is 9.24. The SMILES string of the molecule is O=[N+]([O-])c1ccc(N2CC3(CC(O)C3)C2)cn1. The topological polar surface area (TPSA) is 79.5 Å². The predicted molar refractivity (Wildman–Crippen MR) is 60.8 cm³/mol. The summed E-state index contributed by atoms with van der Waals surface area (Å²) in [6.45, 7) is 1.84. The molecule has 0 unspecified atom stereocenters. The van der Waals surface area contributed by atoms with Crippen molar-refractivity contribution >= 4 is 11.5 Å². The van der Waals surface area contributed by atoms with Gasteiger partial charge in [-0.1, -0.05) is 0 Å². The van der Waals surface area contributed by atoms with Crippen LogP contribution in [-0.2, 0) is 0 Å². The molecule has 1 saturated carbocycles. The zero-order valence-electron chi connectivity index (χ0n) is 9.24. The standard InChI is InChI=1S/C11H13N3O3/c15-9-3-11(4-9)6-13(7-11)8-1-2-10(12-5-8)14(16)17/h1-2,5,9,15H,3-4,6-7H2. The molecule has 17 heavy (non-hydrogen) atoms. The molecule has 2 heterocycles. The largest absolute Gasteiger partial charge is 0.393 e. The lowest BCUT2D eigenvalue weighted by atomic mass is 9.62. The number of hydrogen-bond donors (Lipinski definition) is 1. The van der Waals surface area contributed by atoms with E-state index in [1.54, 1.807) is 12.3 Å². The number of aromatic nitrogens is 1. The smallest absolute Gasteiger partial charge is 0.363 e. The highest BCUT2D eigenvalue weighted by Crippen LogP contribution is 2.49. The molecule has 1 N–H and O–H groups in total. The van der Waals surface area contributed by atoms with Gasteiger partial charge in [0.15, 0.2) is 6.20 Å². The third-order valence-electron chi connectivity index (χ3n) is 3.67. The Morgan fingerprint density at radius 1 is 1.47 bits per heavy atom. The molecular weight excluding hydrogens is 222 g/mol. The van der Waals surface area contributed by atoms with Crippen LogP contribution in [0.15, 0.2) is 18.3 Å². The molecule has 1 aromatic rings. The highest BCUT2D eigenvalue weighted by molar-refractivity contribution is 5.50. The Hall–Kier alpha value is -1.69. The normalized spacial score (nSPS) is 22.1.